The third kappa shape index (κ3) is 3.90. The molecule has 0 spiro atoms. The molecule has 4 nitrogen and oxygen atoms in total. The molecule has 0 atom stereocenters. The van der Waals surface area contributed by atoms with E-state index in [9.17, 15) is 14.0 Å². The Hall–Kier alpha value is -2.17. The van der Waals surface area contributed by atoms with Crippen LogP contribution in [-0.2, 0) is 9.59 Å². The summed E-state index contributed by atoms with van der Waals surface area (Å²) >= 11 is 0. The molecule has 1 aromatic rings. The Kier molecular flexibility index (Phi) is 4.73. The van der Waals surface area contributed by atoms with Gasteiger partial charge in [0.25, 0.3) is 0 Å². The van der Waals surface area contributed by atoms with E-state index >= 15 is 0 Å². The van der Waals surface area contributed by atoms with Gasteiger partial charge in [0.2, 0.25) is 5.91 Å². The fraction of sp³-hybridized carbons (Fsp3) is 0.375. The molecule has 21 heavy (non-hydrogen) atoms. The van der Waals surface area contributed by atoms with E-state index in [1.54, 1.807) is 30.0 Å². The minimum Gasteiger partial charge on any atom is -0.481 e. The summed E-state index contributed by atoms with van der Waals surface area (Å²) in [5.74, 6) is -1.55. The van der Waals surface area contributed by atoms with Gasteiger partial charge in [-0.25, -0.2) is 4.39 Å². The number of nitrogens with zero attached hydrogens (tertiary/aromatic N) is 1. The van der Waals surface area contributed by atoms with E-state index in [0.29, 0.717) is 31.5 Å². The van der Waals surface area contributed by atoms with Crippen LogP contribution in [0.15, 0.2) is 29.8 Å². The minimum atomic E-state index is -0.791. The summed E-state index contributed by atoms with van der Waals surface area (Å²) in [5, 5.41) is 8.94. The van der Waals surface area contributed by atoms with E-state index in [1.165, 1.54) is 12.1 Å². The van der Waals surface area contributed by atoms with Gasteiger partial charge >= 0.3 is 5.97 Å². The van der Waals surface area contributed by atoms with Crippen LogP contribution in [0, 0.1) is 11.7 Å². The molecule has 1 aliphatic rings. The lowest BCUT2D eigenvalue weighted by Gasteiger charge is -2.30. The monoisotopic (exact) mass is 291 g/mol. The summed E-state index contributed by atoms with van der Waals surface area (Å²) in [6.45, 7) is 2.64. The number of amides is 1. The highest BCUT2D eigenvalue weighted by Crippen LogP contribution is 2.19. The molecule has 1 saturated heterocycles. The Balaban J connectivity index is 2.00. The Morgan fingerprint density at radius 2 is 1.81 bits per heavy atom. The topological polar surface area (TPSA) is 57.6 Å². The summed E-state index contributed by atoms with van der Waals surface area (Å²) < 4.78 is 12.8. The van der Waals surface area contributed by atoms with Crippen LogP contribution in [0.4, 0.5) is 4.39 Å². The van der Waals surface area contributed by atoms with Crippen LogP contribution in [0.5, 0.6) is 0 Å². The predicted octanol–water partition coefficient (Wildman–Crippen LogP) is 2.55. The van der Waals surface area contributed by atoms with Crippen molar-refractivity contribution in [3.8, 4) is 0 Å². The van der Waals surface area contributed by atoms with Crippen LogP contribution in [0.25, 0.3) is 6.08 Å². The largest absolute Gasteiger partial charge is 0.481 e. The normalized spacial score (nSPS) is 16.9. The van der Waals surface area contributed by atoms with Crippen molar-refractivity contribution in [1.29, 1.82) is 0 Å². The van der Waals surface area contributed by atoms with Crippen molar-refractivity contribution in [3.05, 3.63) is 41.2 Å². The standard InChI is InChI=1S/C16H18FNO3/c1-11(10-12-2-4-14(17)5-3-12)15(19)18-8-6-13(7-9-18)16(20)21/h2-5,10,13H,6-9H2,1H3,(H,20,21). The molecule has 2 rings (SSSR count). The Morgan fingerprint density at radius 1 is 1.24 bits per heavy atom. The number of piperidine rings is 1. The van der Waals surface area contributed by atoms with Gasteiger partial charge in [-0.2, -0.15) is 0 Å². The lowest BCUT2D eigenvalue weighted by molar-refractivity contribution is -0.145. The van der Waals surface area contributed by atoms with Gasteiger partial charge in [0, 0.05) is 18.7 Å². The molecule has 0 unspecified atom stereocenters. The lowest BCUT2D eigenvalue weighted by atomic mass is 9.96. The van der Waals surface area contributed by atoms with Crippen molar-refractivity contribution in [2.75, 3.05) is 13.1 Å². The van der Waals surface area contributed by atoms with Crippen LogP contribution >= 0.6 is 0 Å². The summed E-state index contributed by atoms with van der Waals surface area (Å²) in [6.07, 6.45) is 2.70. The maximum atomic E-state index is 12.8. The zero-order chi connectivity index (χ0) is 15.4. The SMILES string of the molecule is CC(=Cc1ccc(F)cc1)C(=O)N1CCC(C(=O)O)CC1. The Morgan fingerprint density at radius 3 is 2.33 bits per heavy atom. The fourth-order valence-corrected chi connectivity index (χ4v) is 2.45. The van der Waals surface area contributed by atoms with Gasteiger partial charge < -0.3 is 10.0 Å². The van der Waals surface area contributed by atoms with Crippen molar-refractivity contribution < 1.29 is 19.1 Å². The molecule has 112 valence electrons. The molecular weight excluding hydrogens is 273 g/mol. The fourth-order valence-electron chi connectivity index (χ4n) is 2.45. The van der Waals surface area contributed by atoms with Gasteiger partial charge in [-0.05, 0) is 43.5 Å². The molecule has 5 heteroatoms. The van der Waals surface area contributed by atoms with Crippen molar-refractivity contribution >= 4 is 18.0 Å². The third-order valence-electron chi connectivity index (χ3n) is 3.72. The molecular formula is C16H18FNO3. The van der Waals surface area contributed by atoms with Crippen molar-refractivity contribution in [1.82, 2.24) is 4.90 Å². The van der Waals surface area contributed by atoms with Gasteiger partial charge in [0.1, 0.15) is 5.82 Å². The summed E-state index contributed by atoms with van der Waals surface area (Å²) in [7, 11) is 0. The highest BCUT2D eigenvalue weighted by molar-refractivity contribution is 5.97. The van der Waals surface area contributed by atoms with Crippen LogP contribution in [0.3, 0.4) is 0 Å². The van der Waals surface area contributed by atoms with Crippen molar-refractivity contribution in [2.24, 2.45) is 5.92 Å². The summed E-state index contributed by atoms with van der Waals surface area (Å²) in [4.78, 5) is 24.8. The second kappa shape index (κ2) is 6.52. The molecule has 1 fully saturated rings. The number of likely N-dealkylation sites (tertiary alicyclic amines) is 1. The van der Waals surface area contributed by atoms with Crippen LogP contribution < -0.4 is 0 Å². The first kappa shape index (κ1) is 15.2. The first-order chi connectivity index (χ1) is 9.97. The van der Waals surface area contributed by atoms with Gasteiger partial charge in [0.05, 0.1) is 5.92 Å². The molecule has 0 radical (unpaired) electrons. The number of aliphatic carboxylic acids is 1. The second-order valence-electron chi connectivity index (χ2n) is 5.28. The van der Waals surface area contributed by atoms with Crippen LogP contribution in [0.1, 0.15) is 25.3 Å². The highest BCUT2D eigenvalue weighted by atomic mass is 19.1. The number of rotatable bonds is 3. The zero-order valence-corrected chi connectivity index (χ0v) is 11.9. The van der Waals surface area contributed by atoms with Crippen molar-refractivity contribution in [2.45, 2.75) is 19.8 Å². The zero-order valence-electron chi connectivity index (χ0n) is 11.9. The first-order valence-electron chi connectivity index (χ1n) is 6.93. The average molecular weight is 291 g/mol. The number of carbonyl (C=O) groups is 2. The molecule has 0 aliphatic carbocycles. The number of halogens is 1. The average Bonchev–Trinajstić information content (AvgIpc) is 2.49. The molecule has 1 amide bonds. The number of hydrogen-bond donors (Lipinski definition) is 1. The number of carbonyl (C=O) groups excluding carboxylic acids is 1. The first-order valence-corrected chi connectivity index (χ1v) is 6.93. The van der Waals surface area contributed by atoms with Gasteiger partial charge in [-0.3, -0.25) is 9.59 Å². The van der Waals surface area contributed by atoms with Gasteiger partial charge in [-0.15, -0.1) is 0 Å². The Labute approximate surface area is 122 Å². The lowest BCUT2D eigenvalue weighted by Crippen LogP contribution is -2.40. The number of benzene rings is 1. The van der Waals surface area contributed by atoms with Gasteiger partial charge in [0.15, 0.2) is 0 Å². The van der Waals surface area contributed by atoms with Crippen LogP contribution in [-0.4, -0.2) is 35.0 Å². The number of hydrogen-bond acceptors (Lipinski definition) is 2. The van der Waals surface area contributed by atoms with Gasteiger partial charge in [-0.1, -0.05) is 12.1 Å². The quantitative estimate of drug-likeness (QED) is 0.871. The minimum absolute atomic E-state index is 0.0943. The smallest absolute Gasteiger partial charge is 0.306 e. The highest BCUT2D eigenvalue weighted by Gasteiger charge is 2.27. The molecule has 0 aromatic heterocycles. The van der Waals surface area contributed by atoms with E-state index in [2.05, 4.69) is 0 Å². The van der Waals surface area contributed by atoms with E-state index in [1.807, 2.05) is 0 Å². The third-order valence-corrected chi connectivity index (χ3v) is 3.72. The summed E-state index contributed by atoms with van der Waals surface area (Å²) in [5.41, 5.74) is 1.33. The second-order valence-corrected chi connectivity index (χ2v) is 5.28. The van der Waals surface area contributed by atoms with E-state index in [-0.39, 0.29) is 17.6 Å². The molecule has 1 aliphatic heterocycles. The maximum absolute atomic E-state index is 12.8. The maximum Gasteiger partial charge on any atom is 0.306 e. The van der Waals surface area contributed by atoms with E-state index in [0.717, 1.165) is 5.56 Å². The molecule has 1 heterocycles. The molecule has 0 saturated carbocycles. The predicted molar refractivity (Wildman–Crippen MR) is 77.0 cm³/mol. The number of carboxylic acids is 1. The Bertz CT molecular complexity index is 557. The molecule has 1 aromatic carbocycles. The van der Waals surface area contributed by atoms with Crippen LogP contribution in [0.2, 0.25) is 0 Å². The molecule has 1 N–H and O–H groups in total. The summed E-state index contributed by atoms with van der Waals surface area (Å²) in [6, 6.07) is 5.93. The molecule has 0 bridgehead atoms. The van der Waals surface area contributed by atoms with E-state index < -0.39 is 5.97 Å². The number of carboxylic acid groups (broad SMARTS) is 1. The van der Waals surface area contributed by atoms with E-state index in [4.69, 9.17) is 5.11 Å². The van der Waals surface area contributed by atoms with Crippen molar-refractivity contribution in [3.63, 3.8) is 0 Å².